The molecule has 6 rings (SSSR count). The number of fused-ring (bicyclic) bond motifs is 2. The number of hydrogen-bond acceptors (Lipinski definition) is 3. The summed E-state index contributed by atoms with van der Waals surface area (Å²) in [5, 5.41) is 4.66. The lowest BCUT2D eigenvalue weighted by molar-refractivity contribution is 0.569. The van der Waals surface area contributed by atoms with E-state index < -0.39 is 0 Å². The van der Waals surface area contributed by atoms with Gasteiger partial charge in [-0.1, -0.05) is 99.6 Å². The van der Waals surface area contributed by atoms with E-state index in [-0.39, 0.29) is 5.41 Å². The maximum absolute atomic E-state index is 5.20. The minimum Gasteiger partial charge on any atom is -0.294 e. The van der Waals surface area contributed by atoms with Gasteiger partial charge in [-0.05, 0) is 47.2 Å². The number of rotatable bonds is 4. The molecule has 0 fully saturated rings. The first-order valence-electron chi connectivity index (χ1n) is 12.7. The second-order valence-corrected chi connectivity index (χ2v) is 10.3. The van der Waals surface area contributed by atoms with E-state index in [0.717, 1.165) is 44.9 Å². The van der Waals surface area contributed by atoms with Crippen molar-refractivity contribution in [2.45, 2.75) is 26.2 Å². The lowest BCUT2D eigenvalue weighted by atomic mass is 9.91. The Kier molecular flexibility index (Phi) is 5.69. The SMILES string of the molecule is CC(C)(C)c1cccc(N(c2ccccc2)c2c3ccccc3c(-c3ccccn3)c3ccccc23)n1. The van der Waals surface area contributed by atoms with Crippen molar-refractivity contribution >= 4 is 38.7 Å². The normalized spacial score (nSPS) is 11.6. The molecule has 0 saturated heterocycles. The quantitative estimate of drug-likeness (QED) is 0.236. The first kappa shape index (κ1) is 22.9. The van der Waals surface area contributed by atoms with E-state index in [1.165, 1.54) is 10.8 Å². The van der Waals surface area contributed by atoms with Crippen molar-refractivity contribution < 1.29 is 0 Å². The third-order valence-corrected chi connectivity index (χ3v) is 6.79. The zero-order valence-corrected chi connectivity index (χ0v) is 21.4. The van der Waals surface area contributed by atoms with E-state index in [4.69, 9.17) is 9.97 Å². The van der Waals surface area contributed by atoms with Crippen molar-refractivity contribution in [2.24, 2.45) is 0 Å². The van der Waals surface area contributed by atoms with Crippen LogP contribution in [0, 0.1) is 0 Å². The molecule has 37 heavy (non-hydrogen) atoms. The lowest BCUT2D eigenvalue weighted by Crippen LogP contribution is -2.18. The molecule has 3 heteroatoms. The van der Waals surface area contributed by atoms with Gasteiger partial charge in [0.05, 0.1) is 11.4 Å². The fraction of sp³-hybridized carbons (Fsp3) is 0.118. The van der Waals surface area contributed by atoms with E-state index in [1.807, 2.05) is 12.3 Å². The molecule has 0 spiro atoms. The van der Waals surface area contributed by atoms with Gasteiger partial charge in [0.2, 0.25) is 0 Å². The van der Waals surface area contributed by atoms with Gasteiger partial charge >= 0.3 is 0 Å². The Bertz CT molecular complexity index is 1640. The number of aromatic nitrogens is 2. The van der Waals surface area contributed by atoms with Crippen molar-refractivity contribution in [2.75, 3.05) is 4.90 Å². The van der Waals surface area contributed by atoms with Gasteiger partial charge < -0.3 is 0 Å². The molecule has 0 aliphatic carbocycles. The third kappa shape index (κ3) is 4.13. The first-order chi connectivity index (χ1) is 18.0. The highest BCUT2D eigenvalue weighted by Crippen LogP contribution is 2.47. The number of nitrogens with zero attached hydrogens (tertiary/aromatic N) is 3. The highest BCUT2D eigenvalue weighted by Gasteiger charge is 2.24. The molecule has 2 aromatic heterocycles. The van der Waals surface area contributed by atoms with E-state index in [2.05, 4.69) is 135 Å². The topological polar surface area (TPSA) is 29.0 Å². The zero-order chi connectivity index (χ0) is 25.4. The molecule has 0 radical (unpaired) electrons. The molecule has 0 atom stereocenters. The predicted octanol–water partition coefficient (Wildman–Crippen LogP) is 9.22. The molecule has 0 saturated carbocycles. The van der Waals surface area contributed by atoms with Gasteiger partial charge in [0.1, 0.15) is 5.82 Å². The molecule has 2 heterocycles. The van der Waals surface area contributed by atoms with Crippen LogP contribution in [0.5, 0.6) is 0 Å². The molecular weight excluding hydrogens is 450 g/mol. The minimum atomic E-state index is -0.0641. The molecular formula is C34H29N3. The van der Waals surface area contributed by atoms with Crippen LogP contribution >= 0.6 is 0 Å². The summed E-state index contributed by atoms with van der Waals surface area (Å²) in [4.78, 5) is 12.3. The lowest BCUT2D eigenvalue weighted by Gasteiger charge is -2.29. The first-order valence-corrected chi connectivity index (χ1v) is 12.7. The van der Waals surface area contributed by atoms with Gasteiger partial charge in [0.15, 0.2) is 0 Å². The summed E-state index contributed by atoms with van der Waals surface area (Å²) in [6.45, 7) is 6.62. The Morgan fingerprint density at radius 1 is 0.568 bits per heavy atom. The smallest absolute Gasteiger partial charge is 0.137 e. The Labute approximate surface area is 218 Å². The summed E-state index contributed by atoms with van der Waals surface area (Å²) in [7, 11) is 0. The molecule has 180 valence electrons. The monoisotopic (exact) mass is 479 g/mol. The second kappa shape index (κ2) is 9.18. The second-order valence-electron chi connectivity index (χ2n) is 10.3. The summed E-state index contributed by atoms with van der Waals surface area (Å²) < 4.78 is 0. The van der Waals surface area contributed by atoms with Crippen LogP contribution in [-0.4, -0.2) is 9.97 Å². The Morgan fingerprint density at radius 2 is 1.16 bits per heavy atom. The fourth-order valence-corrected chi connectivity index (χ4v) is 5.05. The van der Waals surface area contributed by atoms with E-state index in [0.29, 0.717) is 0 Å². The standard InChI is InChI=1S/C34H29N3/c1-34(2,3)30-21-13-22-31(36-30)37(24-14-5-4-6-15-24)33-27-18-9-7-16-25(27)32(29-20-11-12-23-35-29)26-17-8-10-19-28(26)33/h4-23H,1-3H3. The summed E-state index contributed by atoms with van der Waals surface area (Å²) >= 11 is 0. The van der Waals surface area contributed by atoms with Crippen LogP contribution in [0.15, 0.2) is 121 Å². The Balaban J connectivity index is 1.75. The predicted molar refractivity (Wildman–Crippen MR) is 156 cm³/mol. The van der Waals surface area contributed by atoms with Crippen LogP contribution in [0.2, 0.25) is 0 Å². The van der Waals surface area contributed by atoms with Gasteiger partial charge in [-0.25, -0.2) is 4.98 Å². The fourth-order valence-electron chi connectivity index (χ4n) is 5.05. The van der Waals surface area contributed by atoms with Crippen molar-refractivity contribution in [1.29, 1.82) is 0 Å². The third-order valence-electron chi connectivity index (χ3n) is 6.79. The number of pyridine rings is 2. The van der Waals surface area contributed by atoms with Crippen molar-refractivity contribution in [3.8, 4) is 11.3 Å². The van der Waals surface area contributed by atoms with Crippen LogP contribution in [0.4, 0.5) is 17.2 Å². The molecule has 0 aliphatic rings. The zero-order valence-electron chi connectivity index (χ0n) is 21.4. The van der Waals surface area contributed by atoms with Crippen LogP contribution in [-0.2, 0) is 5.41 Å². The summed E-state index contributed by atoms with van der Waals surface area (Å²) in [5.41, 5.74) is 5.31. The van der Waals surface area contributed by atoms with Crippen molar-refractivity contribution in [1.82, 2.24) is 9.97 Å². The van der Waals surface area contributed by atoms with Crippen molar-refractivity contribution in [3.63, 3.8) is 0 Å². The molecule has 0 amide bonds. The average Bonchev–Trinajstić information content (AvgIpc) is 2.94. The Morgan fingerprint density at radius 3 is 1.76 bits per heavy atom. The number of benzene rings is 4. The van der Waals surface area contributed by atoms with E-state index in [9.17, 15) is 0 Å². The molecule has 0 N–H and O–H groups in total. The molecule has 4 aromatic carbocycles. The maximum atomic E-state index is 5.20. The van der Waals surface area contributed by atoms with Gasteiger partial charge in [0, 0.05) is 39.3 Å². The van der Waals surface area contributed by atoms with Crippen LogP contribution < -0.4 is 4.90 Å². The number of anilines is 3. The van der Waals surface area contributed by atoms with E-state index >= 15 is 0 Å². The molecule has 6 aromatic rings. The van der Waals surface area contributed by atoms with Gasteiger partial charge in [-0.2, -0.15) is 0 Å². The highest BCUT2D eigenvalue weighted by atomic mass is 15.2. The Hall–Kier alpha value is -4.50. The molecule has 0 aliphatic heterocycles. The number of hydrogen-bond donors (Lipinski definition) is 0. The summed E-state index contributed by atoms with van der Waals surface area (Å²) in [5.74, 6) is 0.902. The molecule has 3 nitrogen and oxygen atoms in total. The van der Waals surface area contributed by atoms with Crippen molar-refractivity contribution in [3.05, 3.63) is 127 Å². The molecule has 0 unspecified atom stereocenters. The number of para-hydroxylation sites is 1. The minimum absolute atomic E-state index is 0.0641. The van der Waals surface area contributed by atoms with Crippen LogP contribution in [0.1, 0.15) is 26.5 Å². The van der Waals surface area contributed by atoms with Crippen LogP contribution in [0.3, 0.4) is 0 Å². The van der Waals surface area contributed by atoms with Gasteiger partial charge in [-0.3, -0.25) is 9.88 Å². The molecule has 0 bridgehead atoms. The van der Waals surface area contributed by atoms with Crippen LogP contribution in [0.25, 0.3) is 32.8 Å². The van der Waals surface area contributed by atoms with E-state index in [1.54, 1.807) is 0 Å². The van der Waals surface area contributed by atoms with Gasteiger partial charge in [-0.15, -0.1) is 0 Å². The summed E-state index contributed by atoms with van der Waals surface area (Å²) in [6, 6.07) is 40.3. The summed E-state index contributed by atoms with van der Waals surface area (Å²) in [6.07, 6.45) is 1.87. The van der Waals surface area contributed by atoms with Gasteiger partial charge in [0.25, 0.3) is 0 Å². The largest absolute Gasteiger partial charge is 0.294 e. The average molecular weight is 480 g/mol. The highest BCUT2D eigenvalue weighted by molar-refractivity contribution is 6.21. The maximum Gasteiger partial charge on any atom is 0.137 e.